The van der Waals surface area contributed by atoms with Crippen molar-refractivity contribution in [2.75, 3.05) is 26.2 Å². The lowest BCUT2D eigenvalue weighted by Gasteiger charge is -2.20. The highest BCUT2D eigenvalue weighted by Gasteiger charge is 2.31. The van der Waals surface area contributed by atoms with E-state index in [1.54, 1.807) is 4.90 Å². The number of hydrogen-bond donors (Lipinski definition) is 2. The van der Waals surface area contributed by atoms with Crippen molar-refractivity contribution in [2.45, 2.75) is 32.7 Å². The Labute approximate surface area is 136 Å². The van der Waals surface area contributed by atoms with E-state index in [-0.39, 0.29) is 12.5 Å². The minimum Gasteiger partial charge on any atom is -0.491 e. The molecule has 1 amide bonds. The van der Waals surface area contributed by atoms with Crippen molar-refractivity contribution in [1.82, 2.24) is 10.2 Å². The van der Waals surface area contributed by atoms with Gasteiger partial charge >= 0.3 is 5.97 Å². The third kappa shape index (κ3) is 4.69. The van der Waals surface area contributed by atoms with Crippen LogP contribution in [0, 0.1) is 13.8 Å². The van der Waals surface area contributed by atoms with Crippen LogP contribution in [0.25, 0.3) is 0 Å². The van der Waals surface area contributed by atoms with Gasteiger partial charge in [0.2, 0.25) is 5.91 Å². The molecule has 0 aliphatic carbocycles. The van der Waals surface area contributed by atoms with Crippen LogP contribution in [0.3, 0.4) is 0 Å². The second kappa shape index (κ2) is 7.97. The summed E-state index contributed by atoms with van der Waals surface area (Å²) in [4.78, 5) is 24.7. The molecule has 2 rings (SSSR count). The molecule has 0 bridgehead atoms. The number of amides is 1. The Morgan fingerprint density at radius 3 is 2.70 bits per heavy atom. The van der Waals surface area contributed by atoms with Crippen molar-refractivity contribution in [1.29, 1.82) is 0 Å². The molecule has 1 aromatic carbocycles. The smallest absolute Gasteiger partial charge is 0.320 e. The molecule has 0 aromatic heterocycles. The molecule has 6 nitrogen and oxygen atoms in total. The van der Waals surface area contributed by atoms with E-state index in [1.807, 2.05) is 32.0 Å². The standard InChI is InChI=1S/C17H24N2O4/c1-12-5-3-6-13(2)16(12)23-10-8-18-15(20)11-19-9-4-7-14(19)17(21)22/h3,5-6,14H,4,7-11H2,1-2H3,(H,18,20)(H,21,22)/t14-/m0/s1. The Morgan fingerprint density at radius 1 is 1.35 bits per heavy atom. The molecule has 1 aliphatic rings. The first kappa shape index (κ1) is 17.3. The average molecular weight is 320 g/mol. The van der Waals surface area contributed by atoms with Gasteiger partial charge in [0, 0.05) is 0 Å². The maximum atomic E-state index is 11.9. The third-order valence-electron chi connectivity index (χ3n) is 4.07. The van der Waals surface area contributed by atoms with Crippen molar-refractivity contribution >= 4 is 11.9 Å². The van der Waals surface area contributed by atoms with Crippen molar-refractivity contribution in [3.63, 3.8) is 0 Å². The zero-order chi connectivity index (χ0) is 16.8. The van der Waals surface area contributed by atoms with Gasteiger partial charge in [0.25, 0.3) is 0 Å². The number of likely N-dealkylation sites (tertiary alicyclic amines) is 1. The fraction of sp³-hybridized carbons (Fsp3) is 0.529. The molecule has 0 spiro atoms. The minimum absolute atomic E-state index is 0.125. The maximum absolute atomic E-state index is 11.9. The largest absolute Gasteiger partial charge is 0.491 e. The molecular weight excluding hydrogens is 296 g/mol. The molecule has 0 saturated carbocycles. The SMILES string of the molecule is Cc1cccc(C)c1OCCNC(=O)CN1CCC[C@H]1C(=O)O. The number of carboxylic acids is 1. The summed E-state index contributed by atoms with van der Waals surface area (Å²) in [6.07, 6.45) is 1.43. The van der Waals surface area contributed by atoms with E-state index in [9.17, 15) is 9.59 Å². The molecule has 2 N–H and O–H groups in total. The molecule has 1 atom stereocenters. The van der Waals surface area contributed by atoms with Gasteiger partial charge < -0.3 is 15.2 Å². The fourth-order valence-electron chi connectivity index (χ4n) is 2.91. The van der Waals surface area contributed by atoms with Gasteiger partial charge in [0.05, 0.1) is 13.1 Å². The molecule has 126 valence electrons. The van der Waals surface area contributed by atoms with E-state index in [1.165, 1.54) is 0 Å². The number of aryl methyl sites for hydroxylation is 2. The van der Waals surface area contributed by atoms with Gasteiger partial charge in [-0.25, -0.2) is 0 Å². The van der Waals surface area contributed by atoms with Gasteiger partial charge in [0.1, 0.15) is 18.4 Å². The van der Waals surface area contributed by atoms with E-state index >= 15 is 0 Å². The third-order valence-corrected chi connectivity index (χ3v) is 4.07. The molecule has 0 unspecified atom stereocenters. The Kier molecular flexibility index (Phi) is 5.98. The van der Waals surface area contributed by atoms with Crippen LogP contribution in [0.5, 0.6) is 5.75 Å². The van der Waals surface area contributed by atoms with Gasteiger partial charge in [-0.05, 0) is 44.4 Å². The first-order chi connectivity index (χ1) is 11.0. The van der Waals surface area contributed by atoms with Crippen molar-refractivity contribution in [2.24, 2.45) is 0 Å². The Balaban J connectivity index is 1.72. The zero-order valence-corrected chi connectivity index (χ0v) is 13.7. The van der Waals surface area contributed by atoms with E-state index in [2.05, 4.69) is 5.32 Å². The van der Waals surface area contributed by atoms with Gasteiger partial charge in [-0.2, -0.15) is 0 Å². The summed E-state index contributed by atoms with van der Waals surface area (Å²) in [6, 6.07) is 5.42. The van der Waals surface area contributed by atoms with Crippen LogP contribution in [0.1, 0.15) is 24.0 Å². The van der Waals surface area contributed by atoms with Crippen LogP contribution in [-0.4, -0.2) is 54.2 Å². The summed E-state index contributed by atoms with van der Waals surface area (Å²) >= 11 is 0. The Hall–Kier alpha value is -2.08. The summed E-state index contributed by atoms with van der Waals surface area (Å²) < 4.78 is 5.72. The average Bonchev–Trinajstić information content (AvgIpc) is 2.94. The van der Waals surface area contributed by atoms with Gasteiger partial charge in [-0.15, -0.1) is 0 Å². The molecule has 0 radical (unpaired) electrons. The van der Waals surface area contributed by atoms with Gasteiger partial charge in [0.15, 0.2) is 0 Å². The monoisotopic (exact) mass is 320 g/mol. The van der Waals surface area contributed by atoms with E-state index in [4.69, 9.17) is 9.84 Å². The van der Waals surface area contributed by atoms with E-state index in [0.717, 1.165) is 23.3 Å². The summed E-state index contributed by atoms with van der Waals surface area (Å²) in [5.41, 5.74) is 2.13. The fourth-order valence-corrected chi connectivity index (χ4v) is 2.91. The molecular formula is C17H24N2O4. The number of ether oxygens (including phenoxy) is 1. The molecule has 1 aromatic rings. The molecule has 23 heavy (non-hydrogen) atoms. The number of carboxylic acid groups (broad SMARTS) is 1. The van der Waals surface area contributed by atoms with Crippen LogP contribution in [0.15, 0.2) is 18.2 Å². The van der Waals surface area contributed by atoms with Gasteiger partial charge in [-0.3, -0.25) is 14.5 Å². The topological polar surface area (TPSA) is 78.9 Å². The predicted molar refractivity (Wildman–Crippen MR) is 86.7 cm³/mol. The highest BCUT2D eigenvalue weighted by molar-refractivity contribution is 5.80. The van der Waals surface area contributed by atoms with Crippen molar-refractivity contribution < 1.29 is 19.4 Å². The first-order valence-corrected chi connectivity index (χ1v) is 7.91. The number of carbonyl (C=O) groups is 2. The summed E-state index contributed by atoms with van der Waals surface area (Å²) in [7, 11) is 0. The quantitative estimate of drug-likeness (QED) is 0.741. The van der Waals surface area contributed by atoms with Crippen LogP contribution < -0.4 is 10.1 Å². The number of nitrogens with one attached hydrogen (secondary N) is 1. The zero-order valence-electron chi connectivity index (χ0n) is 13.7. The highest BCUT2D eigenvalue weighted by Crippen LogP contribution is 2.22. The van der Waals surface area contributed by atoms with Crippen molar-refractivity contribution in [3.05, 3.63) is 29.3 Å². The maximum Gasteiger partial charge on any atom is 0.320 e. The van der Waals surface area contributed by atoms with Crippen LogP contribution in [0.4, 0.5) is 0 Å². The van der Waals surface area contributed by atoms with Crippen LogP contribution in [-0.2, 0) is 9.59 Å². The van der Waals surface area contributed by atoms with Crippen LogP contribution in [0.2, 0.25) is 0 Å². The van der Waals surface area contributed by atoms with E-state index < -0.39 is 12.0 Å². The highest BCUT2D eigenvalue weighted by atomic mass is 16.5. The second-order valence-corrected chi connectivity index (χ2v) is 5.89. The lowest BCUT2D eigenvalue weighted by molar-refractivity contribution is -0.142. The summed E-state index contributed by atoms with van der Waals surface area (Å²) in [5.74, 6) is -0.163. The molecule has 6 heteroatoms. The predicted octanol–water partition coefficient (Wildman–Crippen LogP) is 1.35. The van der Waals surface area contributed by atoms with Crippen LogP contribution >= 0.6 is 0 Å². The number of nitrogens with zero attached hydrogens (tertiary/aromatic N) is 1. The number of rotatable bonds is 7. The number of benzene rings is 1. The Morgan fingerprint density at radius 2 is 2.04 bits per heavy atom. The lowest BCUT2D eigenvalue weighted by Crippen LogP contribution is -2.43. The number of carbonyl (C=O) groups excluding carboxylic acids is 1. The normalized spacial score (nSPS) is 17.9. The van der Waals surface area contributed by atoms with Gasteiger partial charge in [-0.1, -0.05) is 18.2 Å². The lowest BCUT2D eigenvalue weighted by atomic mass is 10.1. The molecule has 1 fully saturated rings. The van der Waals surface area contributed by atoms with Crippen molar-refractivity contribution in [3.8, 4) is 5.75 Å². The number of hydrogen-bond acceptors (Lipinski definition) is 4. The Bertz CT molecular complexity index is 553. The number of para-hydroxylation sites is 1. The molecule has 1 heterocycles. The molecule has 1 saturated heterocycles. The first-order valence-electron chi connectivity index (χ1n) is 7.91. The molecule has 1 aliphatic heterocycles. The minimum atomic E-state index is -0.853. The summed E-state index contributed by atoms with van der Waals surface area (Å²) in [6.45, 7) is 5.54. The second-order valence-electron chi connectivity index (χ2n) is 5.89. The number of aliphatic carboxylic acids is 1. The van der Waals surface area contributed by atoms with E-state index in [0.29, 0.717) is 26.1 Å². The summed E-state index contributed by atoms with van der Waals surface area (Å²) in [5, 5.41) is 11.9.